The molecule has 2 heterocycles. The zero-order chi connectivity index (χ0) is 26.3. The van der Waals surface area contributed by atoms with Gasteiger partial charge < -0.3 is 24.1 Å². The maximum atomic E-state index is 13.1. The normalized spacial score (nSPS) is 12.1. The van der Waals surface area contributed by atoms with Crippen molar-refractivity contribution < 1.29 is 27.9 Å². The lowest BCUT2D eigenvalue weighted by molar-refractivity contribution is 0.0941. The summed E-state index contributed by atoms with van der Waals surface area (Å²) < 4.78 is 34.8. The number of nitrogens with zero attached hydrogens (tertiary/aromatic N) is 2. The van der Waals surface area contributed by atoms with Gasteiger partial charge in [0.05, 0.1) is 13.7 Å². The Bertz CT molecular complexity index is 1370. The summed E-state index contributed by atoms with van der Waals surface area (Å²) in [5, 5.41) is 6.75. The Morgan fingerprint density at radius 1 is 0.947 bits per heavy atom. The first kappa shape index (κ1) is 25.3. The van der Waals surface area contributed by atoms with Gasteiger partial charge in [0.2, 0.25) is 6.79 Å². The second kappa shape index (κ2) is 11.8. The van der Waals surface area contributed by atoms with Crippen molar-refractivity contribution in [3.8, 4) is 17.2 Å². The van der Waals surface area contributed by atoms with E-state index in [1.54, 1.807) is 25.3 Å². The molecule has 0 saturated carbocycles. The molecule has 1 aliphatic rings. The summed E-state index contributed by atoms with van der Waals surface area (Å²) in [5.74, 6) is 2.19. The Morgan fingerprint density at radius 2 is 1.68 bits per heavy atom. The molecule has 9 heteroatoms. The molecule has 0 aliphatic carbocycles. The number of halogens is 1. The minimum atomic E-state index is -0.357. The summed E-state index contributed by atoms with van der Waals surface area (Å²) in [5.41, 5.74) is 3.23. The third kappa shape index (κ3) is 6.49. The number of carbonyl (C=O) groups excluding carboxylic acids is 1. The third-order valence-electron chi connectivity index (χ3n) is 6.26. The van der Waals surface area contributed by atoms with Crippen LogP contribution in [0, 0.1) is 5.82 Å². The standard InChI is InChI=1S/C29H28FN3O5/c1-35-24-9-4-20(5-10-24)12-13-33(17-22-6-11-27-28(14-22)37-19-36-27)18-25-15-26(32-38-25)29(34)31-16-21-2-7-23(30)8-3-21/h2-11,14-15H,12-13,16-19H2,1H3,(H,31,34). The molecule has 4 aromatic rings. The van der Waals surface area contributed by atoms with E-state index in [-0.39, 0.29) is 30.8 Å². The molecule has 0 fully saturated rings. The topological polar surface area (TPSA) is 86.1 Å². The molecule has 196 valence electrons. The van der Waals surface area contributed by atoms with Gasteiger partial charge in [0.25, 0.3) is 5.91 Å². The molecule has 5 rings (SSSR count). The van der Waals surface area contributed by atoms with E-state index in [1.807, 2.05) is 30.3 Å². The molecule has 0 saturated heterocycles. The molecule has 1 N–H and O–H groups in total. The molecule has 1 aromatic heterocycles. The largest absolute Gasteiger partial charge is 0.497 e. The number of methoxy groups -OCH3 is 1. The number of hydrogen-bond acceptors (Lipinski definition) is 7. The number of benzene rings is 3. The minimum Gasteiger partial charge on any atom is -0.497 e. The molecule has 0 spiro atoms. The van der Waals surface area contributed by atoms with E-state index >= 15 is 0 Å². The lowest BCUT2D eigenvalue weighted by Crippen LogP contribution is -2.25. The van der Waals surface area contributed by atoms with Crippen LogP contribution in [0.25, 0.3) is 0 Å². The number of ether oxygens (including phenoxy) is 3. The van der Waals surface area contributed by atoms with Gasteiger partial charge in [-0.2, -0.15) is 0 Å². The molecule has 0 unspecified atom stereocenters. The van der Waals surface area contributed by atoms with E-state index in [1.165, 1.54) is 17.7 Å². The number of carbonyl (C=O) groups is 1. The Kier molecular flexibility index (Phi) is 7.84. The summed E-state index contributed by atoms with van der Waals surface area (Å²) in [7, 11) is 1.65. The van der Waals surface area contributed by atoms with E-state index in [0.717, 1.165) is 41.3 Å². The Hall–Kier alpha value is -4.37. The van der Waals surface area contributed by atoms with Crippen LogP contribution in [-0.2, 0) is 26.1 Å². The van der Waals surface area contributed by atoms with Gasteiger partial charge in [-0.15, -0.1) is 0 Å². The molecule has 1 aliphatic heterocycles. The summed E-state index contributed by atoms with van der Waals surface area (Å²) in [6.45, 7) is 2.33. The predicted molar refractivity (Wildman–Crippen MR) is 137 cm³/mol. The van der Waals surface area contributed by atoms with Crippen molar-refractivity contribution >= 4 is 5.91 Å². The van der Waals surface area contributed by atoms with Crippen molar-refractivity contribution in [1.29, 1.82) is 0 Å². The fourth-order valence-corrected chi connectivity index (χ4v) is 4.18. The molecule has 0 bridgehead atoms. The number of hydrogen-bond donors (Lipinski definition) is 1. The van der Waals surface area contributed by atoms with E-state index in [2.05, 4.69) is 27.5 Å². The number of rotatable bonds is 11. The van der Waals surface area contributed by atoms with Crippen molar-refractivity contribution in [2.45, 2.75) is 26.1 Å². The van der Waals surface area contributed by atoms with Gasteiger partial charge in [-0.25, -0.2) is 4.39 Å². The second-order valence-corrected chi connectivity index (χ2v) is 8.98. The summed E-state index contributed by atoms with van der Waals surface area (Å²) in [6.07, 6.45) is 0.813. The molecule has 1 amide bonds. The van der Waals surface area contributed by atoms with Crippen LogP contribution in [0.15, 0.2) is 77.3 Å². The summed E-state index contributed by atoms with van der Waals surface area (Å²) in [6, 6.07) is 21.5. The van der Waals surface area contributed by atoms with Gasteiger partial charge in [-0.3, -0.25) is 9.69 Å². The van der Waals surface area contributed by atoms with E-state index in [0.29, 0.717) is 18.8 Å². The number of amides is 1. The van der Waals surface area contributed by atoms with Crippen molar-refractivity contribution in [3.63, 3.8) is 0 Å². The van der Waals surface area contributed by atoms with Crippen molar-refractivity contribution in [2.24, 2.45) is 0 Å². The zero-order valence-electron chi connectivity index (χ0n) is 21.0. The van der Waals surface area contributed by atoms with Gasteiger partial charge in [0.15, 0.2) is 23.0 Å². The highest BCUT2D eigenvalue weighted by Crippen LogP contribution is 2.33. The monoisotopic (exact) mass is 517 g/mol. The fourth-order valence-electron chi connectivity index (χ4n) is 4.18. The van der Waals surface area contributed by atoms with Crippen LogP contribution in [0.2, 0.25) is 0 Å². The van der Waals surface area contributed by atoms with Crippen LogP contribution in [0.1, 0.15) is 32.9 Å². The average molecular weight is 518 g/mol. The molecular weight excluding hydrogens is 489 g/mol. The smallest absolute Gasteiger partial charge is 0.273 e. The SMILES string of the molecule is COc1ccc(CCN(Cc2ccc3c(c2)OCO3)Cc2cc(C(=O)NCc3ccc(F)cc3)no2)cc1. The third-order valence-corrected chi connectivity index (χ3v) is 6.26. The Labute approximate surface area is 219 Å². The highest BCUT2D eigenvalue weighted by atomic mass is 19.1. The van der Waals surface area contributed by atoms with Crippen molar-refractivity contribution in [1.82, 2.24) is 15.4 Å². The van der Waals surface area contributed by atoms with Gasteiger partial charge in [0.1, 0.15) is 11.6 Å². The number of fused-ring (bicyclic) bond motifs is 1. The first-order chi connectivity index (χ1) is 18.6. The van der Waals surface area contributed by atoms with Gasteiger partial charge in [-0.05, 0) is 59.5 Å². The first-order valence-electron chi connectivity index (χ1n) is 12.3. The van der Waals surface area contributed by atoms with E-state index in [9.17, 15) is 9.18 Å². The molecule has 38 heavy (non-hydrogen) atoms. The maximum absolute atomic E-state index is 13.1. The van der Waals surface area contributed by atoms with Gasteiger partial charge in [-0.1, -0.05) is 35.5 Å². The van der Waals surface area contributed by atoms with Crippen molar-refractivity contribution in [2.75, 3.05) is 20.4 Å². The zero-order valence-corrected chi connectivity index (χ0v) is 21.0. The second-order valence-electron chi connectivity index (χ2n) is 8.98. The van der Waals surface area contributed by atoms with E-state index < -0.39 is 0 Å². The van der Waals surface area contributed by atoms with Crippen LogP contribution in [0.5, 0.6) is 17.2 Å². The summed E-state index contributed by atoms with van der Waals surface area (Å²) >= 11 is 0. The molecule has 3 aromatic carbocycles. The molecular formula is C29H28FN3O5. The number of aromatic nitrogens is 1. The highest BCUT2D eigenvalue weighted by Gasteiger charge is 2.18. The molecule has 0 radical (unpaired) electrons. The lowest BCUT2D eigenvalue weighted by Gasteiger charge is -2.21. The van der Waals surface area contributed by atoms with E-state index in [4.69, 9.17) is 18.7 Å². The minimum absolute atomic E-state index is 0.195. The molecule has 8 nitrogen and oxygen atoms in total. The van der Waals surface area contributed by atoms with Crippen LogP contribution >= 0.6 is 0 Å². The quantitative estimate of drug-likeness (QED) is 0.308. The Balaban J connectivity index is 1.24. The van der Waals surface area contributed by atoms with Crippen LogP contribution in [-0.4, -0.2) is 36.4 Å². The molecule has 0 atom stereocenters. The van der Waals surface area contributed by atoms with Gasteiger partial charge in [0, 0.05) is 25.7 Å². The van der Waals surface area contributed by atoms with Crippen LogP contribution in [0.4, 0.5) is 4.39 Å². The Morgan fingerprint density at radius 3 is 2.47 bits per heavy atom. The first-order valence-corrected chi connectivity index (χ1v) is 12.3. The van der Waals surface area contributed by atoms with Crippen LogP contribution in [0.3, 0.4) is 0 Å². The van der Waals surface area contributed by atoms with Gasteiger partial charge >= 0.3 is 0 Å². The van der Waals surface area contributed by atoms with Crippen LogP contribution < -0.4 is 19.5 Å². The summed E-state index contributed by atoms with van der Waals surface area (Å²) in [4.78, 5) is 14.8. The predicted octanol–water partition coefficient (Wildman–Crippen LogP) is 4.73. The fraction of sp³-hybridized carbons (Fsp3) is 0.241. The number of nitrogens with one attached hydrogen (secondary N) is 1. The van der Waals surface area contributed by atoms with Crippen molar-refractivity contribution in [3.05, 3.63) is 107 Å². The highest BCUT2D eigenvalue weighted by molar-refractivity contribution is 5.92. The maximum Gasteiger partial charge on any atom is 0.273 e. The lowest BCUT2D eigenvalue weighted by atomic mass is 10.1. The average Bonchev–Trinajstić information content (AvgIpc) is 3.61.